The molecule has 8 heteroatoms. The molecule has 3 aliphatic heterocycles. The maximum absolute atomic E-state index is 12.9. The van der Waals surface area contributed by atoms with E-state index in [2.05, 4.69) is 20.9 Å². The van der Waals surface area contributed by atoms with Crippen LogP contribution in [0, 0.1) is 0 Å². The van der Waals surface area contributed by atoms with Crippen molar-refractivity contribution in [2.45, 2.75) is 51.1 Å². The normalized spacial score (nSPS) is 21.9. The second kappa shape index (κ2) is 10.2. The molecule has 31 heavy (non-hydrogen) atoms. The summed E-state index contributed by atoms with van der Waals surface area (Å²) >= 11 is 0. The van der Waals surface area contributed by atoms with Gasteiger partial charge < -0.3 is 20.4 Å². The molecular formula is C23H33N5O3. The van der Waals surface area contributed by atoms with Gasteiger partial charge in [-0.1, -0.05) is 18.9 Å². The molecule has 1 atom stereocenters. The Morgan fingerprint density at radius 3 is 2.65 bits per heavy atom. The van der Waals surface area contributed by atoms with Crippen molar-refractivity contribution in [2.24, 2.45) is 0 Å². The zero-order valence-electron chi connectivity index (χ0n) is 18.1. The molecule has 4 rings (SSSR count). The first-order valence-electron chi connectivity index (χ1n) is 11.6. The zero-order valence-corrected chi connectivity index (χ0v) is 18.1. The van der Waals surface area contributed by atoms with Crippen molar-refractivity contribution in [2.75, 3.05) is 44.6 Å². The summed E-state index contributed by atoms with van der Waals surface area (Å²) in [5.74, 6) is -0.755. The van der Waals surface area contributed by atoms with Gasteiger partial charge in [0.05, 0.1) is 0 Å². The quantitative estimate of drug-likeness (QED) is 0.407. The van der Waals surface area contributed by atoms with Gasteiger partial charge in [-0.2, -0.15) is 0 Å². The fourth-order valence-corrected chi connectivity index (χ4v) is 4.72. The minimum atomic E-state index is -0.568. The van der Waals surface area contributed by atoms with Gasteiger partial charge >= 0.3 is 0 Å². The summed E-state index contributed by atoms with van der Waals surface area (Å²) in [5, 5.41) is 9.24. The Morgan fingerprint density at radius 1 is 1.03 bits per heavy atom. The lowest BCUT2D eigenvalue weighted by molar-refractivity contribution is -0.136. The molecule has 8 nitrogen and oxygen atoms in total. The third-order valence-electron chi connectivity index (χ3n) is 6.51. The lowest BCUT2D eigenvalue weighted by Crippen LogP contribution is -2.52. The van der Waals surface area contributed by atoms with E-state index < -0.39 is 6.04 Å². The number of benzene rings is 1. The third-order valence-corrected chi connectivity index (χ3v) is 6.51. The standard InChI is InChI=1S/C23H33N5O3/c29-21-9-8-20(22(30)26-21)28-16-18-17(23(28)31)6-5-7-19(18)25-10-3-1-2-4-13-27-14-11-24-12-15-27/h5-7,20,24-25H,1-4,8-16H2,(H,26,29,30). The van der Waals surface area contributed by atoms with Crippen LogP contribution >= 0.6 is 0 Å². The van der Waals surface area contributed by atoms with Crippen LogP contribution in [0.25, 0.3) is 0 Å². The van der Waals surface area contributed by atoms with Crippen LogP contribution in [0.5, 0.6) is 0 Å². The number of piperidine rings is 1. The predicted octanol–water partition coefficient (Wildman–Crippen LogP) is 1.33. The smallest absolute Gasteiger partial charge is 0.255 e. The number of amides is 3. The molecule has 1 aromatic carbocycles. The molecule has 1 unspecified atom stereocenters. The summed E-state index contributed by atoms with van der Waals surface area (Å²) in [6, 6.07) is 5.15. The molecule has 0 aliphatic carbocycles. The van der Waals surface area contributed by atoms with Gasteiger partial charge in [0.15, 0.2) is 0 Å². The van der Waals surface area contributed by atoms with E-state index >= 15 is 0 Å². The molecule has 0 saturated carbocycles. The summed E-state index contributed by atoms with van der Waals surface area (Å²) in [7, 11) is 0. The largest absolute Gasteiger partial charge is 0.385 e. The fraction of sp³-hybridized carbons (Fsp3) is 0.609. The molecule has 0 radical (unpaired) electrons. The summed E-state index contributed by atoms with van der Waals surface area (Å²) in [6.45, 7) is 7.01. The Bertz CT molecular complexity index is 821. The minimum Gasteiger partial charge on any atom is -0.385 e. The Morgan fingerprint density at radius 2 is 1.84 bits per heavy atom. The Labute approximate surface area is 183 Å². The van der Waals surface area contributed by atoms with Gasteiger partial charge in [0.1, 0.15) is 6.04 Å². The average molecular weight is 428 g/mol. The van der Waals surface area contributed by atoms with Crippen molar-refractivity contribution < 1.29 is 14.4 Å². The summed E-state index contributed by atoms with van der Waals surface area (Å²) in [5.41, 5.74) is 2.59. The van der Waals surface area contributed by atoms with Gasteiger partial charge in [-0.05, 0) is 37.9 Å². The topological polar surface area (TPSA) is 93.8 Å². The summed E-state index contributed by atoms with van der Waals surface area (Å²) < 4.78 is 0. The Kier molecular flexibility index (Phi) is 7.19. The number of nitrogens with one attached hydrogen (secondary N) is 3. The van der Waals surface area contributed by atoms with Crippen molar-refractivity contribution in [1.29, 1.82) is 0 Å². The highest BCUT2D eigenvalue weighted by molar-refractivity contribution is 6.06. The van der Waals surface area contributed by atoms with Gasteiger partial charge in [-0.25, -0.2) is 0 Å². The number of anilines is 1. The van der Waals surface area contributed by atoms with Crippen molar-refractivity contribution >= 4 is 23.4 Å². The number of rotatable bonds is 9. The third kappa shape index (κ3) is 5.25. The van der Waals surface area contributed by atoms with Gasteiger partial charge in [-0.3, -0.25) is 19.7 Å². The molecule has 2 fully saturated rings. The second-order valence-electron chi connectivity index (χ2n) is 8.66. The van der Waals surface area contributed by atoms with E-state index in [0.29, 0.717) is 18.5 Å². The van der Waals surface area contributed by atoms with Crippen molar-refractivity contribution in [3.63, 3.8) is 0 Å². The second-order valence-corrected chi connectivity index (χ2v) is 8.66. The number of piperazine rings is 1. The number of imide groups is 1. The van der Waals surface area contributed by atoms with E-state index in [1.54, 1.807) is 4.90 Å². The molecule has 3 amide bonds. The Hall–Kier alpha value is -2.45. The van der Waals surface area contributed by atoms with Crippen LogP contribution in [0.2, 0.25) is 0 Å². The molecule has 0 bridgehead atoms. The van der Waals surface area contributed by atoms with E-state index in [9.17, 15) is 14.4 Å². The lowest BCUT2D eigenvalue weighted by atomic mass is 10.0. The highest BCUT2D eigenvalue weighted by Gasteiger charge is 2.39. The number of fused-ring (bicyclic) bond motifs is 1. The first-order chi connectivity index (χ1) is 15.1. The van der Waals surface area contributed by atoms with Crippen LogP contribution < -0.4 is 16.0 Å². The SMILES string of the molecule is O=C1CCC(N2Cc3c(NCCCCCCN4CCNCC4)cccc3C2=O)C(=O)N1. The van der Waals surface area contributed by atoms with Gasteiger partial charge in [0.25, 0.3) is 5.91 Å². The van der Waals surface area contributed by atoms with Crippen LogP contribution in [-0.2, 0) is 16.1 Å². The average Bonchev–Trinajstić information content (AvgIpc) is 3.11. The molecule has 3 heterocycles. The summed E-state index contributed by atoms with van der Waals surface area (Å²) in [6.07, 6.45) is 5.43. The van der Waals surface area contributed by atoms with E-state index in [1.165, 1.54) is 25.8 Å². The van der Waals surface area contributed by atoms with Crippen molar-refractivity contribution in [3.05, 3.63) is 29.3 Å². The maximum atomic E-state index is 12.9. The van der Waals surface area contributed by atoms with E-state index in [0.717, 1.165) is 50.4 Å². The molecule has 3 aliphatic rings. The van der Waals surface area contributed by atoms with E-state index in [1.807, 2.05) is 18.2 Å². The number of hydrogen-bond acceptors (Lipinski definition) is 6. The maximum Gasteiger partial charge on any atom is 0.255 e. The molecule has 0 aromatic heterocycles. The van der Waals surface area contributed by atoms with Crippen molar-refractivity contribution in [1.82, 2.24) is 20.4 Å². The predicted molar refractivity (Wildman–Crippen MR) is 119 cm³/mol. The van der Waals surface area contributed by atoms with Crippen LogP contribution in [0.4, 0.5) is 5.69 Å². The zero-order chi connectivity index (χ0) is 21.6. The molecular weight excluding hydrogens is 394 g/mol. The number of nitrogens with zero attached hydrogens (tertiary/aromatic N) is 2. The minimum absolute atomic E-state index is 0.124. The van der Waals surface area contributed by atoms with Crippen LogP contribution in [0.15, 0.2) is 18.2 Å². The van der Waals surface area contributed by atoms with Crippen LogP contribution in [-0.4, -0.2) is 72.8 Å². The van der Waals surface area contributed by atoms with Crippen LogP contribution in [0.3, 0.4) is 0 Å². The summed E-state index contributed by atoms with van der Waals surface area (Å²) in [4.78, 5) is 40.7. The number of unbranched alkanes of at least 4 members (excludes halogenated alkanes) is 3. The van der Waals surface area contributed by atoms with Crippen molar-refractivity contribution in [3.8, 4) is 0 Å². The highest BCUT2D eigenvalue weighted by Crippen LogP contribution is 2.32. The fourth-order valence-electron chi connectivity index (χ4n) is 4.72. The van der Waals surface area contributed by atoms with Gasteiger partial charge in [-0.15, -0.1) is 0 Å². The lowest BCUT2D eigenvalue weighted by Gasteiger charge is -2.29. The molecule has 0 spiro atoms. The number of hydrogen-bond donors (Lipinski definition) is 3. The molecule has 3 N–H and O–H groups in total. The molecule has 2 saturated heterocycles. The first-order valence-corrected chi connectivity index (χ1v) is 11.6. The van der Waals surface area contributed by atoms with E-state index in [-0.39, 0.29) is 24.1 Å². The molecule has 168 valence electrons. The Balaban J connectivity index is 1.23. The highest BCUT2D eigenvalue weighted by atomic mass is 16.2. The number of carbonyl (C=O) groups is 3. The van der Waals surface area contributed by atoms with Crippen LogP contribution in [0.1, 0.15) is 54.4 Å². The van der Waals surface area contributed by atoms with E-state index in [4.69, 9.17) is 0 Å². The number of carbonyl (C=O) groups excluding carboxylic acids is 3. The van der Waals surface area contributed by atoms with Gasteiger partial charge in [0.2, 0.25) is 11.8 Å². The van der Waals surface area contributed by atoms with Gasteiger partial charge in [0, 0.05) is 62.5 Å². The first kappa shape index (κ1) is 21.8. The molecule has 1 aromatic rings. The monoisotopic (exact) mass is 427 g/mol.